The lowest BCUT2D eigenvalue weighted by molar-refractivity contribution is 0.0694. The zero-order valence-electron chi connectivity index (χ0n) is 16.1. The molecular formula is C20H24FN3O5. The van der Waals surface area contributed by atoms with Gasteiger partial charge in [0.15, 0.2) is 11.6 Å². The van der Waals surface area contributed by atoms with E-state index in [-0.39, 0.29) is 40.9 Å². The minimum atomic E-state index is -1.34. The second kappa shape index (κ2) is 7.31. The molecule has 2 aliphatic rings. The van der Waals surface area contributed by atoms with E-state index in [2.05, 4.69) is 0 Å². The second-order valence-electron chi connectivity index (χ2n) is 7.75. The number of halogens is 1. The van der Waals surface area contributed by atoms with Gasteiger partial charge in [-0.2, -0.15) is 0 Å². The molecule has 29 heavy (non-hydrogen) atoms. The van der Waals surface area contributed by atoms with Crippen molar-refractivity contribution < 1.29 is 24.1 Å². The molecule has 1 aliphatic heterocycles. The van der Waals surface area contributed by atoms with Gasteiger partial charge in [0.2, 0.25) is 5.43 Å². The largest absolute Gasteiger partial charge is 0.492 e. The molecule has 1 saturated carbocycles. The van der Waals surface area contributed by atoms with Crippen LogP contribution in [0.15, 0.2) is 17.1 Å². The van der Waals surface area contributed by atoms with Gasteiger partial charge in [0.1, 0.15) is 11.3 Å². The van der Waals surface area contributed by atoms with Gasteiger partial charge in [-0.15, -0.1) is 0 Å². The van der Waals surface area contributed by atoms with E-state index in [1.54, 1.807) is 9.47 Å². The minimum Gasteiger partial charge on any atom is -0.492 e. The molecule has 2 atom stereocenters. The maximum atomic E-state index is 15.2. The number of carbonyl (C=O) groups is 1. The third-order valence-corrected chi connectivity index (χ3v) is 5.89. The number of rotatable bonds is 5. The van der Waals surface area contributed by atoms with Gasteiger partial charge in [-0.3, -0.25) is 4.79 Å². The highest BCUT2D eigenvalue weighted by molar-refractivity contribution is 5.97. The Bertz CT molecular complexity index is 1030. The SMILES string of the molecule is COc1c(N2CCC(O)C(CN)C2)c(F)cc2c(=O)c(C(=O)O)cn(C3CC3)c12. The highest BCUT2D eigenvalue weighted by atomic mass is 19.1. The first kappa shape index (κ1) is 19.7. The number of hydrogen-bond donors (Lipinski definition) is 3. The van der Waals surface area contributed by atoms with Crippen molar-refractivity contribution in [2.45, 2.75) is 31.4 Å². The molecule has 8 nitrogen and oxygen atoms in total. The fourth-order valence-corrected chi connectivity index (χ4v) is 4.18. The highest BCUT2D eigenvalue weighted by Gasteiger charge is 2.34. The molecule has 156 valence electrons. The number of nitrogens with two attached hydrogens (primary N) is 1. The van der Waals surface area contributed by atoms with E-state index in [4.69, 9.17) is 10.5 Å². The second-order valence-corrected chi connectivity index (χ2v) is 7.75. The number of ether oxygens (including phenoxy) is 1. The van der Waals surface area contributed by atoms with E-state index in [0.29, 0.717) is 25.0 Å². The van der Waals surface area contributed by atoms with Gasteiger partial charge in [-0.05, 0) is 31.9 Å². The van der Waals surface area contributed by atoms with Crippen LogP contribution in [0, 0.1) is 11.7 Å². The zero-order valence-corrected chi connectivity index (χ0v) is 16.1. The summed E-state index contributed by atoms with van der Waals surface area (Å²) in [5.41, 5.74) is 5.25. The van der Waals surface area contributed by atoms with Gasteiger partial charge < -0.3 is 30.2 Å². The molecular weight excluding hydrogens is 381 g/mol. The number of benzene rings is 1. The van der Waals surface area contributed by atoms with Gasteiger partial charge in [0.25, 0.3) is 0 Å². The summed E-state index contributed by atoms with van der Waals surface area (Å²) in [6.07, 6.45) is 2.91. The van der Waals surface area contributed by atoms with Crippen LogP contribution in [0.2, 0.25) is 0 Å². The molecule has 2 unspecified atom stereocenters. The maximum Gasteiger partial charge on any atom is 0.341 e. The number of nitrogens with zero attached hydrogens (tertiary/aromatic N) is 2. The van der Waals surface area contributed by atoms with Crippen LogP contribution in [0.25, 0.3) is 10.9 Å². The van der Waals surface area contributed by atoms with E-state index in [9.17, 15) is 19.8 Å². The molecule has 4 rings (SSSR count). The molecule has 0 spiro atoms. The summed E-state index contributed by atoms with van der Waals surface area (Å²) >= 11 is 0. The van der Waals surface area contributed by atoms with E-state index in [0.717, 1.165) is 18.9 Å². The summed E-state index contributed by atoms with van der Waals surface area (Å²) in [5.74, 6) is -2.01. The van der Waals surface area contributed by atoms with Crippen LogP contribution in [0.4, 0.5) is 10.1 Å². The van der Waals surface area contributed by atoms with Crippen LogP contribution in [0.5, 0.6) is 5.75 Å². The predicted octanol–water partition coefficient (Wildman–Crippen LogP) is 1.33. The molecule has 4 N–H and O–H groups in total. The Kier molecular flexibility index (Phi) is 4.95. The lowest BCUT2D eigenvalue weighted by atomic mass is 9.94. The third kappa shape index (κ3) is 3.24. The first-order chi connectivity index (χ1) is 13.9. The van der Waals surface area contributed by atoms with Crippen molar-refractivity contribution in [3.8, 4) is 5.75 Å². The van der Waals surface area contributed by atoms with Crippen LogP contribution in [-0.2, 0) is 0 Å². The lowest BCUT2D eigenvalue weighted by Crippen LogP contribution is -2.46. The molecule has 1 saturated heterocycles. The Morgan fingerprint density at radius 1 is 1.38 bits per heavy atom. The first-order valence-electron chi connectivity index (χ1n) is 9.69. The van der Waals surface area contributed by atoms with E-state index in [1.807, 2.05) is 0 Å². The number of aliphatic hydroxyl groups is 1. The van der Waals surface area contributed by atoms with Crippen LogP contribution < -0.4 is 20.8 Å². The molecule has 0 bridgehead atoms. The zero-order chi connectivity index (χ0) is 20.9. The number of aromatic carboxylic acids is 1. The number of fused-ring (bicyclic) bond motifs is 1. The van der Waals surface area contributed by atoms with Crippen molar-refractivity contribution in [3.63, 3.8) is 0 Å². The van der Waals surface area contributed by atoms with Crippen molar-refractivity contribution in [2.24, 2.45) is 11.7 Å². The number of methoxy groups -OCH3 is 1. The Balaban J connectivity index is 1.97. The van der Waals surface area contributed by atoms with E-state index >= 15 is 4.39 Å². The highest BCUT2D eigenvalue weighted by Crippen LogP contribution is 2.44. The van der Waals surface area contributed by atoms with Gasteiger partial charge in [0.05, 0.1) is 24.1 Å². The molecule has 1 aromatic heterocycles. The Labute approximate surface area is 166 Å². The van der Waals surface area contributed by atoms with Crippen molar-refractivity contribution >= 4 is 22.6 Å². The molecule has 1 aliphatic carbocycles. The van der Waals surface area contributed by atoms with Crippen molar-refractivity contribution in [2.75, 3.05) is 31.6 Å². The Hall–Kier alpha value is -2.65. The molecule has 2 heterocycles. The molecule has 0 radical (unpaired) electrons. The van der Waals surface area contributed by atoms with Crippen LogP contribution >= 0.6 is 0 Å². The molecule has 2 fully saturated rings. The quantitative estimate of drug-likeness (QED) is 0.687. The number of carboxylic acids is 1. The average Bonchev–Trinajstić information content (AvgIpc) is 3.53. The predicted molar refractivity (Wildman–Crippen MR) is 105 cm³/mol. The number of carboxylic acid groups (broad SMARTS) is 1. The smallest absolute Gasteiger partial charge is 0.341 e. The van der Waals surface area contributed by atoms with Crippen molar-refractivity contribution in [1.82, 2.24) is 4.57 Å². The standard InChI is InChI=1S/C20H24FN3O5/c1-29-19-16-12(18(26)13(20(27)28)9-24(16)11-2-3-11)6-14(21)17(19)23-5-4-15(25)10(7-22)8-23/h6,9-11,15,25H,2-5,7-8,22H2,1H3,(H,27,28). The first-order valence-corrected chi connectivity index (χ1v) is 9.69. The van der Waals surface area contributed by atoms with Gasteiger partial charge in [0, 0.05) is 31.2 Å². The summed E-state index contributed by atoms with van der Waals surface area (Å²) in [5, 5.41) is 19.5. The number of aromatic nitrogens is 1. The third-order valence-electron chi connectivity index (χ3n) is 5.89. The normalized spacial score (nSPS) is 22.1. The summed E-state index contributed by atoms with van der Waals surface area (Å²) in [6.45, 7) is 1.04. The van der Waals surface area contributed by atoms with Gasteiger partial charge in [-0.1, -0.05) is 0 Å². The minimum absolute atomic E-state index is 0.0117. The summed E-state index contributed by atoms with van der Waals surface area (Å²) in [7, 11) is 1.41. The molecule has 0 amide bonds. The topological polar surface area (TPSA) is 118 Å². The number of piperidine rings is 1. The fourth-order valence-electron chi connectivity index (χ4n) is 4.18. The van der Waals surface area contributed by atoms with Gasteiger partial charge in [-0.25, -0.2) is 9.18 Å². The monoisotopic (exact) mass is 405 g/mol. The lowest BCUT2D eigenvalue weighted by Gasteiger charge is -2.38. The summed E-state index contributed by atoms with van der Waals surface area (Å²) in [4.78, 5) is 26.0. The summed E-state index contributed by atoms with van der Waals surface area (Å²) in [6, 6.07) is 1.15. The molecule has 9 heteroatoms. The van der Waals surface area contributed by atoms with Crippen LogP contribution in [0.3, 0.4) is 0 Å². The number of pyridine rings is 1. The fraction of sp³-hybridized carbons (Fsp3) is 0.500. The summed E-state index contributed by atoms with van der Waals surface area (Å²) < 4.78 is 22.5. The van der Waals surface area contributed by atoms with E-state index < -0.39 is 23.3 Å². The van der Waals surface area contributed by atoms with Crippen LogP contribution in [-0.4, -0.2) is 53.6 Å². The Morgan fingerprint density at radius 2 is 2.10 bits per heavy atom. The van der Waals surface area contributed by atoms with Gasteiger partial charge >= 0.3 is 5.97 Å². The average molecular weight is 405 g/mol. The molecule has 2 aromatic rings. The van der Waals surface area contributed by atoms with E-state index in [1.165, 1.54) is 13.3 Å². The number of aliphatic hydroxyl groups excluding tert-OH is 1. The number of anilines is 1. The number of hydrogen-bond acceptors (Lipinski definition) is 6. The van der Waals surface area contributed by atoms with Crippen LogP contribution in [0.1, 0.15) is 35.7 Å². The van der Waals surface area contributed by atoms with Crippen molar-refractivity contribution in [1.29, 1.82) is 0 Å². The molecule has 1 aromatic carbocycles. The maximum absolute atomic E-state index is 15.2. The van der Waals surface area contributed by atoms with Crippen molar-refractivity contribution in [3.05, 3.63) is 33.9 Å². The Morgan fingerprint density at radius 3 is 2.69 bits per heavy atom.